The Bertz CT molecular complexity index is 361. The van der Waals surface area contributed by atoms with Crippen molar-refractivity contribution in [2.45, 2.75) is 32.2 Å². The van der Waals surface area contributed by atoms with E-state index in [1.165, 1.54) is 18.3 Å². The van der Waals surface area contributed by atoms with Crippen molar-refractivity contribution in [1.29, 1.82) is 0 Å². The summed E-state index contributed by atoms with van der Waals surface area (Å²) in [4.78, 5) is 16.3. The summed E-state index contributed by atoms with van der Waals surface area (Å²) >= 11 is 1.50. The Labute approximate surface area is 86.5 Å². The van der Waals surface area contributed by atoms with E-state index in [2.05, 4.69) is 10.3 Å². The zero-order valence-electron chi connectivity index (χ0n) is 8.04. The number of nitrogens with two attached hydrogens (primary N) is 1. The number of carbonyl (C=O) groups excluding carboxylic acids is 1. The van der Waals surface area contributed by atoms with Crippen molar-refractivity contribution in [3.8, 4) is 0 Å². The second-order valence-electron chi connectivity index (χ2n) is 3.51. The number of carbonyl (C=O) groups is 1. The minimum atomic E-state index is -0.0790. The molecular formula is C9H13N3OS. The number of nitrogens with zero attached hydrogens (tertiary/aromatic N) is 1. The molecule has 1 amide bonds. The van der Waals surface area contributed by atoms with Crippen molar-refractivity contribution >= 4 is 22.4 Å². The number of amides is 1. The number of aromatic nitrogens is 1. The van der Waals surface area contributed by atoms with Crippen LogP contribution in [0, 0.1) is 0 Å². The molecule has 0 spiro atoms. The van der Waals surface area contributed by atoms with Crippen molar-refractivity contribution in [1.82, 2.24) is 4.98 Å². The highest BCUT2D eigenvalue weighted by molar-refractivity contribution is 7.16. The van der Waals surface area contributed by atoms with E-state index in [4.69, 9.17) is 5.73 Å². The lowest BCUT2D eigenvalue weighted by atomic mass is 9.99. The molecule has 0 saturated carbocycles. The van der Waals surface area contributed by atoms with Crippen LogP contribution in [0.2, 0.25) is 0 Å². The highest BCUT2D eigenvalue weighted by Gasteiger charge is 2.21. The fourth-order valence-electron chi connectivity index (χ4n) is 1.66. The summed E-state index contributed by atoms with van der Waals surface area (Å²) < 4.78 is 0. The van der Waals surface area contributed by atoms with Gasteiger partial charge in [0.2, 0.25) is 5.91 Å². The summed E-state index contributed by atoms with van der Waals surface area (Å²) in [7, 11) is 0. The van der Waals surface area contributed by atoms with Gasteiger partial charge in [-0.1, -0.05) is 11.3 Å². The van der Waals surface area contributed by atoms with E-state index >= 15 is 0 Å². The molecule has 1 atom stereocenters. The Morgan fingerprint density at radius 1 is 1.71 bits per heavy atom. The quantitative estimate of drug-likeness (QED) is 0.738. The van der Waals surface area contributed by atoms with E-state index in [1.807, 2.05) is 0 Å². The number of fused-ring (bicyclic) bond motifs is 1. The third kappa shape index (κ3) is 1.78. The fourth-order valence-corrected chi connectivity index (χ4v) is 2.75. The number of rotatable bonds is 1. The Morgan fingerprint density at radius 2 is 2.50 bits per heavy atom. The summed E-state index contributed by atoms with van der Waals surface area (Å²) in [5.41, 5.74) is 7.02. The molecule has 4 nitrogen and oxygen atoms in total. The van der Waals surface area contributed by atoms with Crippen LogP contribution in [-0.4, -0.2) is 10.9 Å². The van der Waals surface area contributed by atoms with Crippen LogP contribution < -0.4 is 11.1 Å². The molecule has 1 unspecified atom stereocenters. The lowest BCUT2D eigenvalue weighted by Crippen LogP contribution is -2.15. The third-order valence-electron chi connectivity index (χ3n) is 2.28. The van der Waals surface area contributed by atoms with Crippen LogP contribution in [0.5, 0.6) is 0 Å². The molecule has 1 heterocycles. The smallest absolute Gasteiger partial charge is 0.223 e. The van der Waals surface area contributed by atoms with E-state index < -0.39 is 0 Å². The van der Waals surface area contributed by atoms with Gasteiger partial charge >= 0.3 is 0 Å². The van der Waals surface area contributed by atoms with Crippen molar-refractivity contribution in [3.05, 3.63) is 10.6 Å². The fraction of sp³-hybridized carbons (Fsp3) is 0.556. The molecule has 2 rings (SSSR count). The Hall–Kier alpha value is -0.940. The summed E-state index contributed by atoms with van der Waals surface area (Å²) in [6.45, 7) is 1.49. The Balaban J connectivity index is 2.26. The number of nitrogens with one attached hydrogen (secondary N) is 1. The summed E-state index contributed by atoms with van der Waals surface area (Å²) in [5.74, 6) is -0.0790. The number of hydrogen-bond acceptors (Lipinski definition) is 4. The molecule has 1 aliphatic carbocycles. The molecule has 76 valence electrons. The third-order valence-corrected chi connectivity index (χ3v) is 3.42. The van der Waals surface area contributed by atoms with Gasteiger partial charge in [0, 0.05) is 17.8 Å². The Kier molecular flexibility index (Phi) is 2.52. The van der Waals surface area contributed by atoms with Gasteiger partial charge in [-0.05, 0) is 19.3 Å². The van der Waals surface area contributed by atoms with Crippen LogP contribution in [0.1, 0.15) is 36.4 Å². The molecule has 5 heteroatoms. The number of anilines is 1. The van der Waals surface area contributed by atoms with Gasteiger partial charge in [0.25, 0.3) is 0 Å². The molecule has 0 fully saturated rings. The van der Waals surface area contributed by atoms with Crippen LogP contribution >= 0.6 is 11.3 Å². The van der Waals surface area contributed by atoms with E-state index in [0.717, 1.165) is 29.8 Å². The predicted molar refractivity (Wildman–Crippen MR) is 56.3 cm³/mol. The van der Waals surface area contributed by atoms with Crippen molar-refractivity contribution in [2.75, 3.05) is 5.32 Å². The summed E-state index contributed by atoms with van der Waals surface area (Å²) in [5, 5.41) is 3.38. The lowest BCUT2D eigenvalue weighted by molar-refractivity contribution is -0.114. The van der Waals surface area contributed by atoms with Crippen molar-refractivity contribution in [2.24, 2.45) is 5.73 Å². The van der Waals surface area contributed by atoms with E-state index in [0.29, 0.717) is 5.13 Å². The first-order valence-electron chi connectivity index (χ1n) is 4.69. The molecule has 0 bridgehead atoms. The molecule has 1 aromatic heterocycles. The van der Waals surface area contributed by atoms with E-state index in [1.54, 1.807) is 0 Å². The minimum absolute atomic E-state index is 0.0790. The molecule has 0 aliphatic heterocycles. The molecule has 0 aromatic carbocycles. The molecule has 1 aromatic rings. The predicted octanol–water partition coefficient (Wildman–Crippen LogP) is 1.44. The lowest BCUT2D eigenvalue weighted by Gasteiger charge is -2.15. The SMILES string of the molecule is CC(=O)Nc1nc2c(s1)C(N)CCC2. The summed E-state index contributed by atoms with van der Waals surface area (Å²) in [6, 6.07) is 0.110. The zero-order valence-corrected chi connectivity index (χ0v) is 8.86. The normalized spacial score (nSPS) is 20.3. The number of hydrogen-bond donors (Lipinski definition) is 2. The van der Waals surface area contributed by atoms with Crippen LogP contribution in [0.4, 0.5) is 5.13 Å². The van der Waals surface area contributed by atoms with Gasteiger partial charge in [0.05, 0.1) is 5.69 Å². The first-order chi connectivity index (χ1) is 6.66. The zero-order chi connectivity index (χ0) is 10.1. The van der Waals surface area contributed by atoms with Gasteiger partial charge in [0.15, 0.2) is 5.13 Å². The van der Waals surface area contributed by atoms with Gasteiger partial charge < -0.3 is 11.1 Å². The first-order valence-corrected chi connectivity index (χ1v) is 5.51. The maximum atomic E-state index is 10.8. The standard InChI is InChI=1S/C9H13N3OS/c1-5(13)11-9-12-7-4-2-3-6(10)8(7)14-9/h6H,2-4,10H2,1H3,(H,11,12,13). The average molecular weight is 211 g/mol. The highest BCUT2D eigenvalue weighted by Crippen LogP contribution is 2.34. The average Bonchev–Trinajstić information content (AvgIpc) is 2.47. The largest absolute Gasteiger partial charge is 0.323 e. The molecular weight excluding hydrogens is 198 g/mol. The van der Waals surface area contributed by atoms with Gasteiger partial charge in [-0.15, -0.1) is 0 Å². The van der Waals surface area contributed by atoms with Gasteiger partial charge in [-0.2, -0.15) is 0 Å². The highest BCUT2D eigenvalue weighted by atomic mass is 32.1. The van der Waals surface area contributed by atoms with E-state index in [9.17, 15) is 4.79 Å². The van der Waals surface area contributed by atoms with Crippen LogP contribution in [0.3, 0.4) is 0 Å². The first kappa shape index (κ1) is 9.61. The van der Waals surface area contributed by atoms with Crippen LogP contribution in [-0.2, 0) is 11.2 Å². The van der Waals surface area contributed by atoms with Crippen LogP contribution in [0.25, 0.3) is 0 Å². The molecule has 0 radical (unpaired) electrons. The van der Waals surface area contributed by atoms with E-state index in [-0.39, 0.29) is 11.9 Å². The molecule has 14 heavy (non-hydrogen) atoms. The maximum Gasteiger partial charge on any atom is 0.223 e. The van der Waals surface area contributed by atoms with Crippen molar-refractivity contribution in [3.63, 3.8) is 0 Å². The monoisotopic (exact) mass is 211 g/mol. The Morgan fingerprint density at radius 3 is 3.14 bits per heavy atom. The summed E-state index contributed by atoms with van der Waals surface area (Å²) in [6.07, 6.45) is 3.10. The van der Waals surface area contributed by atoms with Gasteiger partial charge in [-0.3, -0.25) is 4.79 Å². The maximum absolute atomic E-state index is 10.8. The number of aryl methyl sites for hydroxylation is 1. The number of thiazole rings is 1. The second-order valence-corrected chi connectivity index (χ2v) is 4.54. The molecule has 0 saturated heterocycles. The van der Waals surface area contributed by atoms with Crippen molar-refractivity contribution < 1.29 is 4.79 Å². The second kappa shape index (κ2) is 3.67. The van der Waals surface area contributed by atoms with Crippen LogP contribution in [0.15, 0.2) is 0 Å². The molecule has 1 aliphatic rings. The van der Waals surface area contributed by atoms with Gasteiger partial charge in [0.1, 0.15) is 0 Å². The topological polar surface area (TPSA) is 68.0 Å². The minimum Gasteiger partial charge on any atom is -0.323 e. The van der Waals surface area contributed by atoms with Gasteiger partial charge in [-0.25, -0.2) is 4.98 Å². The molecule has 3 N–H and O–H groups in total.